The van der Waals surface area contributed by atoms with Crippen LogP contribution in [0.4, 0.5) is 0 Å². The summed E-state index contributed by atoms with van der Waals surface area (Å²) in [5.74, 6) is -0.520. The third-order valence-corrected chi connectivity index (χ3v) is 7.15. The van der Waals surface area contributed by atoms with Gasteiger partial charge in [0.05, 0.1) is 12.5 Å². The molecule has 3 heterocycles. The number of aryl methyl sites for hydroxylation is 1. The van der Waals surface area contributed by atoms with Gasteiger partial charge in [-0.3, -0.25) is 19.5 Å². The zero-order valence-electron chi connectivity index (χ0n) is 20.8. The third kappa shape index (κ3) is 5.96. The highest BCUT2D eigenvalue weighted by atomic mass is 16.7. The molecule has 2 aliphatic rings. The number of likely N-dealkylation sites (tertiary alicyclic amines) is 1. The molecule has 1 aromatic carbocycles. The number of carbonyl (C=O) groups is 2. The van der Waals surface area contributed by atoms with Gasteiger partial charge in [-0.2, -0.15) is 0 Å². The fourth-order valence-corrected chi connectivity index (χ4v) is 5.32. The fourth-order valence-electron chi connectivity index (χ4n) is 5.32. The summed E-state index contributed by atoms with van der Waals surface area (Å²) in [6.07, 6.45) is 4.86. The Hall–Kier alpha value is -3.17. The maximum absolute atomic E-state index is 13.3. The van der Waals surface area contributed by atoms with Crippen molar-refractivity contribution >= 4 is 11.9 Å². The number of aromatic nitrogens is 1. The van der Waals surface area contributed by atoms with Crippen LogP contribution in [-0.4, -0.2) is 77.3 Å². The monoisotopic (exact) mass is 496 g/mol. The van der Waals surface area contributed by atoms with Crippen LogP contribution in [0.1, 0.15) is 43.4 Å². The molecule has 0 saturated carbocycles. The first-order valence-corrected chi connectivity index (χ1v) is 12.8. The van der Waals surface area contributed by atoms with Crippen molar-refractivity contribution in [1.29, 1.82) is 0 Å². The maximum atomic E-state index is 13.3. The van der Waals surface area contributed by atoms with Crippen molar-refractivity contribution in [3.63, 3.8) is 0 Å². The first-order chi connectivity index (χ1) is 17.5. The molecule has 4 rings (SSSR count). The summed E-state index contributed by atoms with van der Waals surface area (Å²) in [4.78, 5) is 34.2. The molecule has 2 aromatic rings. The lowest BCUT2D eigenvalue weighted by Crippen LogP contribution is -2.45. The highest BCUT2D eigenvalue weighted by Crippen LogP contribution is 2.42. The van der Waals surface area contributed by atoms with Crippen LogP contribution in [0.2, 0.25) is 0 Å². The predicted octanol–water partition coefficient (Wildman–Crippen LogP) is 2.50. The Balaban J connectivity index is 1.59. The minimum Gasteiger partial charge on any atom is -0.481 e. The molecule has 1 fully saturated rings. The number of carboxylic acid groups (broad SMARTS) is 1. The van der Waals surface area contributed by atoms with Crippen LogP contribution in [0.3, 0.4) is 0 Å². The lowest BCUT2D eigenvalue weighted by atomic mass is 9.83. The van der Waals surface area contributed by atoms with E-state index in [-0.39, 0.29) is 31.2 Å². The summed E-state index contributed by atoms with van der Waals surface area (Å²) in [6, 6.07) is 11.1. The van der Waals surface area contributed by atoms with E-state index in [4.69, 9.17) is 15.2 Å². The van der Waals surface area contributed by atoms with Crippen LogP contribution in [0, 0.1) is 5.92 Å². The van der Waals surface area contributed by atoms with E-state index in [0.29, 0.717) is 50.5 Å². The van der Waals surface area contributed by atoms with Crippen molar-refractivity contribution in [2.24, 2.45) is 11.7 Å². The van der Waals surface area contributed by atoms with Gasteiger partial charge in [-0.05, 0) is 49.1 Å². The van der Waals surface area contributed by atoms with Gasteiger partial charge in [-0.25, -0.2) is 0 Å². The van der Waals surface area contributed by atoms with E-state index in [9.17, 15) is 14.7 Å². The highest BCUT2D eigenvalue weighted by molar-refractivity contribution is 5.79. The number of amides is 1. The number of hydrogen-bond acceptors (Lipinski definition) is 7. The minimum atomic E-state index is -0.858. The lowest BCUT2D eigenvalue weighted by molar-refractivity contribution is -0.143. The van der Waals surface area contributed by atoms with Crippen LogP contribution in [-0.2, 0) is 16.0 Å². The molecule has 0 aliphatic carbocycles. The summed E-state index contributed by atoms with van der Waals surface area (Å²) < 4.78 is 11.0. The summed E-state index contributed by atoms with van der Waals surface area (Å²) in [5, 5.41) is 10.4. The Labute approximate surface area is 212 Å². The number of carboxylic acids is 1. The highest BCUT2D eigenvalue weighted by Gasteiger charge is 2.47. The predicted molar refractivity (Wildman–Crippen MR) is 135 cm³/mol. The summed E-state index contributed by atoms with van der Waals surface area (Å²) >= 11 is 0. The second kappa shape index (κ2) is 12.2. The number of unbranched alkanes of at least 4 members (excludes halogenated alkanes) is 1. The molecule has 3 N–H and O–H groups in total. The molecule has 0 radical (unpaired) electrons. The van der Waals surface area contributed by atoms with Gasteiger partial charge in [0.25, 0.3) is 0 Å². The number of pyridine rings is 1. The van der Waals surface area contributed by atoms with Gasteiger partial charge >= 0.3 is 5.97 Å². The maximum Gasteiger partial charge on any atom is 0.308 e. The molecule has 1 aromatic heterocycles. The standard InChI is InChI=1S/C27H36N4O5/c1-2-3-13-30(14-11-28)25(32)17-31-16-21(19-7-10-23-24(15-19)36-18-35-23)26(27(33)34)22(31)9-8-20-6-4-5-12-29-20/h4-7,10,12,15,21-22,26H,2-3,8-9,11,13-14,16-18,28H2,1H3,(H,33,34). The van der Waals surface area contributed by atoms with Gasteiger partial charge in [0.1, 0.15) is 0 Å². The molecule has 9 heteroatoms. The number of fused-ring (bicyclic) bond motifs is 1. The number of ether oxygens (including phenoxy) is 2. The molecular formula is C27H36N4O5. The SMILES string of the molecule is CCCCN(CCN)C(=O)CN1CC(c2ccc3c(c2)OCO3)C(C(=O)O)C1CCc1ccccn1. The second-order valence-electron chi connectivity index (χ2n) is 9.46. The average molecular weight is 497 g/mol. The molecule has 3 atom stereocenters. The number of nitrogens with zero attached hydrogens (tertiary/aromatic N) is 3. The number of carbonyl (C=O) groups excluding carboxylic acids is 1. The Bertz CT molecular complexity index is 1030. The minimum absolute atomic E-state index is 0.00721. The summed E-state index contributed by atoms with van der Waals surface area (Å²) in [7, 11) is 0. The molecule has 0 bridgehead atoms. The number of hydrogen-bond donors (Lipinski definition) is 2. The van der Waals surface area contributed by atoms with Crippen LogP contribution >= 0.6 is 0 Å². The van der Waals surface area contributed by atoms with E-state index < -0.39 is 11.9 Å². The lowest BCUT2D eigenvalue weighted by Gasteiger charge is -2.29. The first kappa shape index (κ1) is 25.9. The molecule has 2 aliphatic heterocycles. The van der Waals surface area contributed by atoms with Crippen molar-refractivity contribution in [3.05, 3.63) is 53.9 Å². The van der Waals surface area contributed by atoms with Gasteiger partial charge < -0.3 is 25.2 Å². The van der Waals surface area contributed by atoms with Crippen molar-refractivity contribution in [3.8, 4) is 11.5 Å². The Morgan fingerprint density at radius 3 is 2.75 bits per heavy atom. The van der Waals surface area contributed by atoms with E-state index in [1.165, 1.54) is 0 Å². The number of benzene rings is 1. The Kier molecular flexibility index (Phi) is 8.77. The van der Waals surface area contributed by atoms with Crippen LogP contribution < -0.4 is 15.2 Å². The fraction of sp³-hybridized carbons (Fsp3) is 0.519. The number of rotatable bonds is 12. The van der Waals surface area contributed by atoms with Crippen molar-refractivity contribution in [2.45, 2.75) is 44.6 Å². The third-order valence-electron chi connectivity index (χ3n) is 7.15. The molecular weight excluding hydrogens is 460 g/mol. The van der Waals surface area contributed by atoms with Gasteiger partial charge in [-0.1, -0.05) is 25.5 Å². The van der Waals surface area contributed by atoms with E-state index in [1.54, 1.807) is 6.20 Å². The van der Waals surface area contributed by atoms with Gasteiger partial charge in [0.15, 0.2) is 11.5 Å². The molecule has 194 valence electrons. The largest absolute Gasteiger partial charge is 0.481 e. The molecule has 3 unspecified atom stereocenters. The van der Waals surface area contributed by atoms with Crippen LogP contribution in [0.5, 0.6) is 11.5 Å². The Morgan fingerprint density at radius 2 is 2.03 bits per heavy atom. The number of nitrogens with two attached hydrogens (primary N) is 1. The van der Waals surface area contributed by atoms with Crippen molar-refractivity contribution in [2.75, 3.05) is 39.5 Å². The normalized spacial score (nSPS) is 21.0. The van der Waals surface area contributed by atoms with Crippen molar-refractivity contribution in [1.82, 2.24) is 14.8 Å². The van der Waals surface area contributed by atoms with Crippen molar-refractivity contribution < 1.29 is 24.2 Å². The zero-order chi connectivity index (χ0) is 25.5. The van der Waals surface area contributed by atoms with Crippen LogP contribution in [0.15, 0.2) is 42.6 Å². The van der Waals surface area contributed by atoms with Crippen LogP contribution in [0.25, 0.3) is 0 Å². The molecule has 0 spiro atoms. The Morgan fingerprint density at radius 1 is 1.19 bits per heavy atom. The van der Waals surface area contributed by atoms with E-state index in [1.807, 2.05) is 41.3 Å². The van der Waals surface area contributed by atoms with Gasteiger partial charge in [0.2, 0.25) is 12.7 Å². The first-order valence-electron chi connectivity index (χ1n) is 12.8. The average Bonchev–Trinajstić information content (AvgIpc) is 3.50. The second-order valence-corrected chi connectivity index (χ2v) is 9.46. The van der Waals surface area contributed by atoms with Gasteiger partial charge in [-0.15, -0.1) is 0 Å². The molecule has 1 amide bonds. The van der Waals surface area contributed by atoms with E-state index >= 15 is 0 Å². The zero-order valence-corrected chi connectivity index (χ0v) is 20.8. The molecule has 1 saturated heterocycles. The summed E-state index contributed by atoms with van der Waals surface area (Å²) in [5.41, 5.74) is 7.57. The topological polar surface area (TPSA) is 118 Å². The van der Waals surface area contributed by atoms with E-state index in [2.05, 4.69) is 16.8 Å². The number of aliphatic carboxylic acids is 1. The molecule has 36 heavy (non-hydrogen) atoms. The smallest absolute Gasteiger partial charge is 0.308 e. The van der Waals surface area contributed by atoms with E-state index in [0.717, 1.165) is 24.1 Å². The quantitative estimate of drug-likeness (QED) is 0.460. The summed E-state index contributed by atoms with van der Waals surface area (Å²) in [6.45, 7) is 4.45. The molecule has 9 nitrogen and oxygen atoms in total. The van der Waals surface area contributed by atoms with Gasteiger partial charge in [0, 0.05) is 50.0 Å².